The first-order valence-corrected chi connectivity index (χ1v) is 12.0. The fourth-order valence-corrected chi connectivity index (χ4v) is 5.24. The van der Waals surface area contributed by atoms with Gasteiger partial charge in [0.05, 0.1) is 6.04 Å². The molecule has 2 aromatic rings. The van der Waals surface area contributed by atoms with Gasteiger partial charge in [-0.15, -0.1) is 11.3 Å². The van der Waals surface area contributed by atoms with Gasteiger partial charge in [-0.25, -0.2) is 15.0 Å². The van der Waals surface area contributed by atoms with Gasteiger partial charge in [0.2, 0.25) is 5.91 Å². The Kier molecular flexibility index (Phi) is 6.94. The van der Waals surface area contributed by atoms with E-state index in [4.69, 9.17) is 9.97 Å². The highest BCUT2D eigenvalue weighted by atomic mass is 32.1. The number of aromatic nitrogens is 3. The standard InChI is InChI=1S/C22H32N6OS/c1-3-6-17-14-24-22(30-17)27-19-13-15(2)25-20(26-19)16-8-11-28(12-9-16)21(29)18-7-4-5-10-23-18/h13-14,16,18,23H,3-12H2,1-2H3,(H,24,25,26,27)/t18-/m0/s1. The summed E-state index contributed by atoms with van der Waals surface area (Å²) in [5.41, 5.74) is 0.956. The Labute approximate surface area is 182 Å². The summed E-state index contributed by atoms with van der Waals surface area (Å²) in [6, 6.07) is 1.98. The molecular weight excluding hydrogens is 396 g/mol. The van der Waals surface area contributed by atoms with Gasteiger partial charge in [0.15, 0.2) is 5.13 Å². The number of piperidine rings is 2. The van der Waals surface area contributed by atoms with Gasteiger partial charge in [-0.3, -0.25) is 4.79 Å². The number of likely N-dealkylation sites (tertiary alicyclic amines) is 1. The predicted octanol–water partition coefficient (Wildman–Crippen LogP) is 3.79. The van der Waals surface area contributed by atoms with Crippen molar-refractivity contribution in [1.82, 2.24) is 25.2 Å². The maximum atomic E-state index is 12.8. The number of carbonyl (C=O) groups excluding carboxylic acids is 1. The molecule has 0 saturated carbocycles. The van der Waals surface area contributed by atoms with Crippen molar-refractivity contribution in [3.63, 3.8) is 0 Å². The summed E-state index contributed by atoms with van der Waals surface area (Å²) in [5.74, 6) is 2.25. The molecule has 0 aliphatic carbocycles. The molecule has 162 valence electrons. The summed E-state index contributed by atoms with van der Waals surface area (Å²) in [4.78, 5) is 30.1. The number of aryl methyl sites for hydroxylation is 2. The Bertz CT molecular complexity index is 855. The van der Waals surface area contributed by atoms with Crippen LogP contribution in [-0.4, -0.2) is 51.4 Å². The Morgan fingerprint density at radius 2 is 2.10 bits per heavy atom. The molecule has 30 heavy (non-hydrogen) atoms. The van der Waals surface area contributed by atoms with Crippen molar-refractivity contribution < 1.29 is 4.79 Å². The van der Waals surface area contributed by atoms with Crippen LogP contribution in [0.1, 0.15) is 67.8 Å². The number of hydrogen-bond acceptors (Lipinski definition) is 7. The second-order valence-corrected chi connectivity index (χ2v) is 9.48. The Morgan fingerprint density at radius 3 is 2.83 bits per heavy atom. The van der Waals surface area contributed by atoms with Crippen LogP contribution in [0.4, 0.5) is 10.9 Å². The summed E-state index contributed by atoms with van der Waals surface area (Å²) in [5, 5.41) is 7.61. The van der Waals surface area contributed by atoms with Crippen molar-refractivity contribution in [3.05, 3.63) is 28.7 Å². The minimum Gasteiger partial charge on any atom is -0.341 e. The van der Waals surface area contributed by atoms with Crippen molar-refractivity contribution in [2.45, 2.75) is 70.8 Å². The number of anilines is 2. The molecule has 0 unspecified atom stereocenters. The van der Waals surface area contributed by atoms with Gasteiger partial charge in [-0.05, 0) is 45.6 Å². The van der Waals surface area contributed by atoms with Crippen LogP contribution >= 0.6 is 11.3 Å². The van der Waals surface area contributed by atoms with Crippen LogP contribution in [0.2, 0.25) is 0 Å². The lowest BCUT2D eigenvalue weighted by molar-refractivity contribution is -0.135. The molecule has 0 spiro atoms. The second-order valence-electron chi connectivity index (χ2n) is 8.36. The lowest BCUT2D eigenvalue weighted by atomic mass is 9.94. The number of nitrogens with one attached hydrogen (secondary N) is 2. The third kappa shape index (κ3) is 5.16. The maximum Gasteiger partial charge on any atom is 0.239 e. The molecule has 0 aromatic carbocycles. The lowest BCUT2D eigenvalue weighted by Gasteiger charge is -2.35. The molecule has 0 radical (unpaired) electrons. The van der Waals surface area contributed by atoms with Crippen molar-refractivity contribution in [3.8, 4) is 0 Å². The molecular formula is C22H32N6OS. The van der Waals surface area contributed by atoms with Crippen LogP contribution in [0.5, 0.6) is 0 Å². The van der Waals surface area contributed by atoms with Gasteiger partial charge in [0.1, 0.15) is 11.6 Å². The van der Waals surface area contributed by atoms with Crippen LogP contribution < -0.4 is 10.6 Å². The molecule has 2 saturated heterocycles. The van der Waals surface area contributed by atoms with E-state index in [-0.39, 0.29) is 11.9 Å². The van der Waals surface area contributed by atoms with Crippen LogP contribution in [0, 0.1) is 6.92 Å². The summed E-state index contributed by atoms with van der Waals surface area (Å²) < 4.78 is 0. The minimum atomic E-state index is 0.0113. The first-order chi connectivity index (χ1) is 14.6. The third-order valence-corrected chi connectivity index (χ3v) is 6.91. The third-order valence-electron chi connectivity index (χ3n) is 5.94. The van der Waals surface area contributed by atoms with E-state index in [9.17, 15) is 4.79 Å². The fraction of sp³-hybridized carbons (Fsp3) is 0.636. The Morgan fingerprint density at radius 1 is 1.27 bits per heavy atom. The highest BCUT2D eigenvalue weighted by Crippen LogP contribution is 2.29. The minimum absolute atomic E-state index is 0.0113. The van der Waals surface area contributed by atoms with E-state index in [1.165, 1.54) is 11.3 Å². The number of thiazole rings is 1. The van der Waals surface area contributed by atoms with Crippen LogP contribution in [-0.2, 0) is 11.2 Å². The quantitative estimate of drug-likeness (QED) is 0.728. The zero-order chi connectivity index (χ0) is 20.9. The molecule has 7 nitrogen and oxygen atoms in total. The van der Waals surface area contributed by atoms with Crippen molar-refractivity contribution >= 4 is 28.2 Å². The summed E-state index contributed by atoms with van der Waals surface area (Å²) >= 11 is 1.68. The van der Waals surface area contributed by atoms with E-state index in [1.54, 1.807) is 11.3 Å². The largest absolute Gasteiger partial charge is 0.341 e. The Balaban J connectivity index is 1.37. The summed E-state index contributed by atoms with van der Waals surface area (Å²) in [6.07, 6.45) is 9.24. The number of rotatable bonds is 6. The van der Waals surface area contributed by atoms with E-state index in [1.807, 2.05) is 24.1 Å². The van der Waals surface area contributed by atoms with E-state index in [0.717, 1.165) is 80.6 Å². The van der Waals surface area contributed by atoms with Gasteiger partial charge in [0, 0.05) is 41.8 Å². The van der Waals surface area contributed by atoms with Gasteiger partial charge in [-0.2, -0.15) is 0 Å². The molecule has 2 aliphatic heterocycles. The van der Waals surface area contributed by atoms with Crippen LogP contribution in [0.3, 0.4) is 0 Å². The molecule has 1 atom stereocenters. The zero-order valence-corrected chi connectivity index (χ0v) is 18.8. The predicted molar refractivity (Wildman–Crippen MR) is 120 cm³/mol. The van der Waals surface area contributed by atoms with Crippen molar-refractivity contribution in [2.75, 3.05) is 25.0 Å². The monoisotopic (exact) mass is 428 g/mol. The van der Waals surface area contributed by atoms with Crippen molar-refractivity contribution in [1.29, 1.82) is 0 Å². The highest BCUT2D eigenvalue weighted by Gasteiger charge is 2.30. The van der Waals surface area contributed by atoms with E-state index in [0.29, 0.717) is 5.92 Å². The highest BCUT2D eigenvalue weighted by molar-refractivity contribution is 7.15. The summed E-state index contributed by atoms with van der Waals surface area (Å²) in [7, 11) is 0. The van der Waals surface area contributed by atoms with Gasteiger partial charge >= 0.3 is 0 Å². The van der Waals surface area contributed by atoms with E-state index in [2.05, 4.69) is 22.5 Å². The number of amides is 1. The molecule has 4 rings (SSSR count). The molecule has 4 heterocycles. The van der Waals surface area contributed by atoms with Crippen LogP contribution in [0.15, 0.2) is 12.3 Å². The first kappa shape index (κ1) is 21.2. The van der Waals surface area contributed by atoms with Crippen molar-refractivity contribution in [2.24, 2.45) is 0 Å². The molecule has 8 heteroatoms. The number of carbonyl (C=O) groups is 1. The molecule has 2 aromatic heterocycles. The molecule has 2 fully saturated rings. The van der Waals surface area contributed by atoms with Gasteiger partial charge in [0.25, 0.3) is 0 Å². The van der Waals surface area contributed by atoms with E-state index >= 15 is 0 Å². The molecule has 1 amide bonds. The zero-order valence-electron chi connectivity index (χ0n) is 18.0. The second kappa shape index (κ2) is 9.83. The fourth-order valence-electron chi connectivity index (χ4n) is 4.32. The molecule has 2 N–H and O–H groups in total. The van der Waals surface area contributed by atoms with E-state index < -0.39 is 0 Å². The topological polar surface area (TPSA) is 83.0 Å². The first-order valence-electron chi connectivity index (χ1n) is 11.2. The van der Waals surface area contributed by atoms with Gasteiger partial charge in [-0.1, -0.05) is 19.8 Å². The summed E-state index contributed by atoms with van der Waals surface area (Å²) in [6.45, 7) is 6.72. The average Bonchev–Trinajstić information content (AvgIpc) is 3.20. The number of hydrogen-bond donors (Lipinski definition) is 2. The molecule has 2 aliphatic rings. The molecule has 0 bridgehead atoms. The SMILES string of the molecule is CCCc1cnc(Nc2cc(C)nc(C3CCN(C(=O)[C@@H]4CCCCN4)CC3)n2)s1. The van der Waals surface area contributed by atoms with Crippen LogP contribution in [0.25, 0.3) is 0 Å². The average molecular weight is 429 g/mol. The smallest absolute Gasteiger partial charge is 0.239 e. The number of nitrogens with zero attached hydrogens (tertiary/aromatic N) is 4. The van der Waals surface area contributed by atoms with Gasteiger partial charge < -0.3 is 15.5 Å². The maximum absolute atomic E-state index is 12.8. The normalized spacial score (nSPS) is 20.3. The lowest BCUT2D eigenvalue weighted by Crippen LogP contribution is -2.50. The Hall–Kier alpha value is -2.06.